The van der Waals surface area contributed by atoms with Crippen LogP contribution in [0.5, 0.6) is 0 Å². The molecule has 1 saturated heterocycles. The Labute approximate surface area is 193 Å². The lowest BCUT2D eigenvalue weighted by molar-refractivity contribution is -0.134. The molecule has 33 heavy (non-hydrogen) atoms. The van der Waals surface area contributed by atoms with Gasteiger partial charge in [-0.2, -0.15) is 0 Å². The molecule has 0 saturated carbocycles. The van der Waals surface area contributed by atoms with Gasteiger partial charge in [-0.15, -0.1) is 0 Å². The highest BCUT2D eigenvalue weighted by atomic mass is 16.2. The van der Waals surface area contributed by atoms with Crippen LogP contribution in [-0.4, -0.2) is 52.8 Å². The summed E-state index contributed by atoms with van der Waals surface area (Å²) < 4.78 is 0. The van der Waals surface area contributed by atoms with Crippen molar-refractivity contribution in [2.45, 2.75) is 19.8 Å². The first-order valence-corrected chi connectivity index (χ1v) is 11.5. The molecule has 0 spiro atoms. The second kappa shape index (κ2) is 10.3. The van der Waals surface area contributed by atoms with Gasteiger partial charge in [0.05, 0.1) is 5.92 Å². The van der Waals surface area contributed by atoms with Crippen molar-refractivity contribution in [1.29, 1.82) is 0 Å². The lowest BCUT2D eigenvalue weighted by Crippen LogP contribution is -2.39. The Morgan fingerprint density at radius 1 is 0.970 bits per heavy atom. The number of aromatic nitrogens is 1. The molecule has 3 aromatic rings. The van der Waals surface area contributed by atoms with E-state index in [1.54, 1.807) is 11.0 Å². The van der Waals surface area contributed by atoms with Crippen LogP contribution in [0.1, 0.15) is 29.3 Å². The lowest BCUT2D eigenvalue weighted by atomic mass is 9.91. The van der Waals surface area contributed by atoms with Crippen LogP contribution in [0.15, 0.2) is 77.7 Å². The van der Waals surface area contributed by atoms with Crippen LogP contribution >= 0.6 is 0 Å². The van der Waals surface area contributed by atoms with E-state index < -0.39 is 5.56 Å². The fraction of sp³-hybridized carbons (Fsp3) is 0.296. The molecule has 0 aliphatic carbocycles. The van der Waals surface area contributed by atoms with Gasteiger partial charge in [0.2, 0.25) is 5.91 Å². The Morgan fingerprint density at radius 2 is 1.73 bits per heavy atom. The molecule has 1 aliphatic rings. The monoisotopic (exact) mass is 443 g/mol. The zero-order chi connectivity index (χ0) is 23.2. The van der Waals surface area contributed by atoms with E-state index in [-0.39, 0.29) is 29.8 Å². The van der Waals surface area contributed by atoms with Crippen molar-refractivity contribution in [3.63, 3.8) is 0 Å². The van der Waals surface area contributed by atoms with E-state index in [0.717, 1.165) is 23.1 Å². The summed E-state index contributed by atoms with van der Waals surface area (Å²) in [4.78, 5) is 45.0. The highest BCUT2D eigenvalue weighted by Crippen LogP contribution is 2.27. The van der Waals surface area contributed by atoms with Crippen molar-refractivity contribution >= 4 is 11.8 Å². The summed E-state index contributed by atoms with van der Waals surface area (Å²) in [5.41, 5.74) is 2.97. The second-order valence-corrected chi connectivity index (χ2v) is 8.41. The first-order valence-electron chi connectivity index (χ1n) is 11.5. The number of carbonyl (C=O) groups is 2. The van der Waals surface area contributed by atoms with Crippen LogP contribution in [0, 0.1) is 5.92 Å². The average molecular weight is 444 g/mol. The van der Waals surface area contributed by atoms with Crippen LogP contribution in [0.2, 0.25) is 0 Å². The SMILES string of the molecule is CCCN1CCN(C(=O)c2ccc[nH]c2=O)C[C@@H](Cc2ccccc2-c2ccccc2)C1=O. The number of aromatic amines is 1. The molecule has 0 bridgehead atoms. The Balaban J connectivity index is 1.65. The summed E-state index contributed by atoms with van der Waals surface area (Å²) in [6.07, 6.45) is 2.89. The third-order valence-corrected chi connectivity index (χ3v) is 6.14. The molecule has 170 valence electrons. The van der Waals surface area contributed by atoms with Gasteiger partial charge < -0.3 is 14.8 Å². The standard InChI is InChI=1S/C27H29N3O3/c1-2-15-29-16-17-30(27(33)24-13-8-14-28-25(24)31)19-22(26(29)32)18-21-11-6-7-12-23(21)20-9-4-3-5-10-20/h3-14,22H,2,15-19H2,1H3,(H,28,31)/t22-/m1/s1. The fourth-order valence-corrected chi connectivity index (χ4v) is 4.50. The fourth-order valence-electron chi connectivity index (χ4n) is 4.50. The van der Waals surface area contributed by atoms with Crippen LogP contribution < -0.4 is 5.56 Å². The summed E-state index contributed by atoms with van der Waals surface area (Å²) in [5.74, 6) is -0.642. The Bertz CT molecular complexity index is 1170. The predicted octanol–water partition coefficient (Wildman–Crippen LogP) is 3.60. The van der Waals surface area contributed by atoms with Gasteiger partial charge in [0, 0.05) is 32.4 Å². The van der Waals surface area contributed by atoms with E-state index in [4.69, 9.17) is 0 Å². The topological polar surface area (TPSA) is 73.5 Å². The van der Waals surface area contributed by atoms with Crippen molar-refractivity contribution in [1.82, 2.24) is 14.8 Å². The van der Waals surface area contributed by atoms with Gasteiger partial charge in [-0.25, -0.2) is 0 Å². The van der Waals surface area contributed by atoms with Gasteiger partial charge in [0.15, 0.2) is 0 Å². The summed E-state index contributed by atoms with van der Waals surface area (Å²) in [7, 11) is 0. The molecule has 6 nitrogen and oxygen atoms in total. The minimum Gasteiger partial charge on any atom is -0.341 e. The summed E-state index contributed by atoms with van der Waals surface area (Å²) in [5, 5.41) is 0. The first kappa shape index (κ1) is 22.5. The average Bonchev–Trinajstić information content (AvgIpc) is 2.99. The number of rotatable bonds is 6. The van der Waals surface area contributed by atoms with Crippen LogP contribution in [0.3, 0.4) is 0 Å². The molecule has 0 unspecified atom stereocenters. The number of carbonyl (C=O) groups excluding carboxylic acids is 2. The molecular formula is C27H29N3O3. The molecule has 2 aromatic carbocycles. The highest BCUT2D eigenvalue weighted by Gasteiger charge is 2.33. The molecule has 0 radical (unpaired) electrons. The summed E-state index contributed by atoms with van der Waals surface area (Å²) in [6.45, 7) is 3.87. The van der Waals surface area contributed by atoms with E-state index in [1.807, 2.05) is 42.2 Å². The van der Waals surface area contributed by atoms with Crippen molar-refractivity contribution in [3.05, 3.63) is 94.4 Å². The molecule has 6 heteroatoms. The van der Waals surface area contributed by atoms with E-state index in [9.17, 15) is 14.4 Å². The molecular weight excluding hydrogens is 414 g/mol. The minimum absolute atomic E-state index is 0.0667. The van der Waals surface area contributed by atoms with Crippen LogP contribution in [0.25, 0.3) is 11.1 Å². The molecule has 1 aliphatic heterocycles. The minimum atomic E-state index is -0.408. The quantitative estimate of drug-likeness (QED) is 0.633. The maximum absolute atomic E-state index is 13.5. The van der Waals surface area contributed by atoms with Crippen molar-refractivity contribution in [2.24, 2.45) is 5.92 Å². The predicted molar refractivity (Wildman–Crippen MR) is 129 cm³/mol. The third-order valence-electron chi connectivity index (χ3n) is 6.14. The number of hydrogen-bond acceptors (Lipinski definition) is 3. The Kier molecular flexibility index (Phi) is 7.03. The second-order valence-electron chi connectivity index (χ2n) is 8.41. The molecule has 1 N–H and O–H groups in total. The number of pyridine rings is 1. The smallest absolute Gasteiger partial charge is 0.260 e. The molecule has 4 rings (SSSR count). The third kappa shape index (κ3) is 5.06. The van der Waals surface area contributed by atoms with Crippen molar-refractivity contribution < 1.29 is 9.59 Å². The number of hydrogen-bond donors (Lipinski definition) is 1. The Morgan fingerprint density at radius 3 is 2.48 bits per heavy atom. The summed E-state index contributed by atoms with van der Waals surface area (Å²) in [6, 6.07) is 21.4. The maximum Gasteiger partial charge on any atom is 0.260 e. The Hall–Kier alpha value is -3.67. The van der Waals surface area contributed by atoms with E-state index >= 15 is 0 Å². The van der Waals surface area contributed by atoms with Gasteiger partial charge in [-0.3, -0.25) is 14.4 Å². The van der Waals surface area contributed by atoms with E-state index in [0.29, 0.717) is 26.1 Å². The summed E-state index contributed by atoms with van der Waals surface area (Å²) >= 11 is 0. The highest BCUT2D eigenvalue weighted by molar-refractivity contribution is 5.94. The number of nitrogens with one attached hydrogen (secondary N) is 1. The molecule has 1 fully saturated rings. The molecule has 2 amide bonds. The van der Waals surface area contributed by atoms with Gasteiger partial charge in [0.1, 0.15) is 5.56 Å². The number of amides is 2. The van der Waals surface area contributed by atoms with E-state index in [1.165, 1.54) is 12.3 Å². The largest absolute Gasteiger partial charge is 0.341 e. The molecule has 2 heterocycles. The maximum atomic E-state index is 13.5. The number of nitrogens with zero attached hydrogens (tertiary/aromatic N) is 2. The molecule has 1 atom stereocenters. The number of H-pyrrole nitrogens is 1. The van der Waals surface area contributed by atoms with Crippen molar-refractivity contribution in [2.75, 3.05) is 26.2 Å². The molecule has 1 aromatic heterocycles. The van der Waals surface area contributed by atoms with Crippen LogP contribution in [0.4, 0.5) is 0 Å². The normalized spacial score (nSPS) is 16.5. The van der Waals surface area contributed by atoms with Crippen molar-refractivity contribution in [3.8, 4) is 11.1 Å². The van der Waals surface area contributed by atoms with Gasteiger partial charge in [-0.05, 0) is 41.7 Å². The zero-order valence-corrected chi connectivity index (χ0v) is 18.9. The van der Waals surface area contributed by atoms with Gasteiger partial charge in [-0.1, -0.05) is 61.5 Å². The van der Waals surface area contributed by atoms with Crippen LogP contribution in [-0.2, 0) is 11.2 Å². The van der Waals surface area contributed by atoms with Gasteiger partial charge >= 0.3 is 0 Å². The zero-order valence-electron chi connectivity index (χ0n) is 18.9. The van der Waals surface area contributed by atoms with E-state index in [2.05, 4.69) is 29.2 Å². The first-order chi connectivity index (χ1) is 16.1. The van der Waals surface area contributed by atoms with Gasteiger partial charge in [0.25, 0.3) is 11.5 Å². The lowest BCUT2D eigenvalue weighted by Gasteiger charge is -2.24. The number of benzene rings is 2.